The number of rotatable bonds is 5. The summed E-state index contributed by atoms with van der Waals surface area (Å²) in [5.41, 5.74) is 4.24. The Kier molecular flexibility index (Phi) is 6.80. The Balaban J connectivity index is 0.00000259. The highest BCUT2D eigenvalue weighted by Gasteiger charge is 2.46. The fourth-order valence-electron chi connectivity index (χ4n) is 4.62. The molecule has 0 aliphatic heterocycles. The van der Waals surface area contributed by atoms with Crippen LogP contribution in [0.15, 0.2) is 109 Å². The van der Waals surface area contributed by atoms with E-state index in [0.717, 1.165) is 17.1 Å². The van der Waals surface area contributed by atoms with Gasteiger partial charge in [0.05, 0.1) is 17.3 Å². The van der Waals surface area contributed by atoms with Crippen LogP contribution < -0.4 is 32.9 Å². The van der Waals surface area contributed by atoms with Gasteiger partial charge in [0, 0.05) is 10.9 Å². The van der Waals surface area contributed by atoms with Gasteiger partial charge in [-0.3, -0.25) is 0 Å². The third-order valence-corrected chi connectivity index (χ3v) is 10.6. The van der Waals surface area contributed by atoms with E-state index in [-0.39, 0.29) is 17.0 Å². The van der Waals surface area contributed by atoms with Crippen LogP contribution in [-0.4, -0.2) is 4.98 Å². The molecule has 5 aromatic rings. The van der Waals surface area contributed by atoms with Crippen molar-refractivity contribution in [3.8, 4) is 6.07 Å². The smallest absolute Gasteiger partial charge is 0.118 e. The van der Waals surface area contributed by atoms with Gasteiger partial charge in [-0.05, 0) is 67.1 Å². The number of benzene rings is 4. The quantitative estimate of drug-likeness (QED) is 0.363. The van der Waals surface area contributed by atoms with Crippen molar-refractivity contribution in [2.24, 2.45) is 0 Å². The zero-order chi connectivity index (χ0) is 22.0. The first-order valence-corrected chi connectivity index (χ1v) is 12.8. The van der Waals surface area contributed by atoms with Crippen molar-refractivity contribution in [2.45, 2.75) is 13.1 Å². The number of aryl methyl sites for hydroxylation is 1. The van der Waals surface area contributed by atoms with E-state index in [4.69, 9.17) is 0 Å². The van der Waals surface area contributed by atoms with Crippen LogP contribution in [-0.2, 0) is 6.16 Å². The number of halogens is 1. The second-order valence-corrected chi connectivity index (χ2v) is 11.6. The predicted octanol–water partition coefficient (Wildman–Crippen LogP) is 2.85. The minimum Gasteiger partial charge on any atom is -1.00 e. The van der Waals surface area contributed by atoms with Crippen LogP contribution in [0.1, 0.15) is 16.8 Å². The third-order valence-electron chi connectivity index (χ3n) is 6.28. The predicted molar refractivity (Wildman–Crippen MR) is 137 cm³/mol. The molecule has 1 heterocycles. The molecule has 0 aliphatic rings. The van der Waals surface area contributed by atoms with Gasteiger partial charge in [-0.25, -0.2) is 0 Å². The van der Waals surface area contributed by atoms with Crippen LogP contribution in [0.5, 0.6) is 0 Å². The highest BCUT2D eigenvalue weighted by atomic mass is 79.9. The second kappa shape index (κ2) is 9.75. The van der Waals surface area contributed by atoms with Gasteiger partial charge in [-0.1, -0.05) is 54.6 Å². The topological polar surface area (TPSA) is 39.6 Å². The Bertz CT molecular complexity index is 1310. The van der Waals surface area contributed by atoms with Gasteiger partial charge in [0.15, 0.2) is 0 Å². The number of aromatic nitrogens is 1. The molecule has 5 rings (SSSR count). The van der Waals surface area contributed by atoms with E-state index in [2.05, 4.69) is 109 Å². The van der Waals surface area contributed by atoms with Crippen LogP contribution in [0.2, 0.25) is 0 Å². The zero-order valence-corrected chi connectivity index (χ0v) is 20.9. The maximum absolute atomic E-state index is 9.37. The van der Waals surface area contributed by atoms with Crippen LogP contribution in [0, 0.1) is 18.3 Å². The molecule has 0 bridgehead atoms. The summed E-state index contributed by atoms with van der Waals surface area (Å²) >= 11 is 0. The number of aromatic amines is 1. The van der Waals surface area contributed by atoms with E-state index >= 15 is 0 Å². The number of nitrogens with one attached hydrogen (secondary N) is 1. The minimum absolute atomic E-state index is 0. The van der Waals surface area contributed by atoms with E-state index in [1.54, 1.807) is 0 Å². The molecule has 4 heteroatoms. The summed E-state index contributed by atoms with van der Waals surface area (Å²) in [5.74, 6) is 0. The van der Waals surface area contributed by atoms with Gasteiger partial charge in [-0.2, -0.15) is 5.26 Å². The van der Waals surface area contributed by atoms with E-state index < -0.39 is 7.26 Å². The molecular formula is C29H24BrN2P. The lowest BCUT2D eigenvalue weighted by Crippen LogP contribution is -3.00. The van der Waals surface area contributed by atoms with Gasteiger partial charge < -0.3 is 22.0 Å². The molecule has 0 saturated carbocycles. The van der Waals surface area contributed by atoms with Crippen molar-refractivity contribution in [1.29, 1.82) is 5.26 Å². The molecule has 0 aliphatic carbocycles. The molecule has 0 atom stereocenters. The van der Waals surface area contributed by atoms with Crippen molar-refractivity contribution >= 4 is 34.1 Å². The summed E-state index contributed by atoms with van der Waals surface area (Å²) in [6, 6.07) is 41.0. The van der Waals surface area contributed by atoms with E-state index in [1.807, 2.05) is 18.2 Å². The van der Waals surface area contributed by atoms with E-state index in [1.165, 1.54) is 27.2 Å². The summed E-state index contributed by atoms with van der Waals surface area (Å²) in [5, 5.41) is 14.6. The summed E-state index contributed by atoms with van der Waals surface area (Å²) in [4.78, 5) is 3.70. The molecule has 2 nitrogen and oxygen atoms in total. The summed E-state index contributed by atoms with van der Waals surface area (Å²) in [7, 11) is -1.97. The monoisotopic (exact) mass is 510 g/mol. The van der Waals surface area contributed by atoms with Crippen molar-refractivity contribution < 1.29 is 17.0 Å². The Morgan fingerprint density at radius 2 is 1.21 bits per heavy atom. The van der Waals surface area contributed by atoms with Crippen LogP contribution >= 0.6 is 7.26 Å². The highest BCUT2D eigenvalue weighted by molar-refractivity contribution is 7.95. The normalized spacial score (nSPS) is 11.0. The first-order valence-electron chi connectivity index (χ1n) is 10.8. The van der Waals surface area contributed by atoms with Gasteiger partial charge in [0.25, 0.3) is 0 Å². The number of fused-ring (bicyclic) bond motifs is 1. The second-order valence-electron chi connectivity index (χ2n) is 8.08. The zero-order valence-electron chi connectivity index (χ0n) is 18.4. The molecule has 0 spiro atoms. The van der Waals surface area contributed by atoms with Gasteiger partial charge in [-0.15, -0.1) is 0 Å². The first kappa shape index (κ1) is 23.0. The SMILES string of the molecule is Cc1c(C[P+](c2ccccc2)(c2ccccc2)c2ccccc2)[nH]c2ccc(C#N)cc12.[Br-]. The Labute approximate surface area is 206 Å². The van der Waals surface area contributed by atoms with Crippen LogP contribution in [0.3, 0.4) is 0 Å². The first-order chi connectivity index (χ1) is 15.7. The molecule has 0 radical (unpaired) electrons. The molecule has 0 saturated heterocycles. The molecule has 0 unspecified atom stereocenters. The number of nitrogens with zero attached hydrogens (tertiary/aromatic N) is 1. The number of nitriles is 1. The average molecular weight is 511 g/mol. The lowest BCUT2D eigenvalue weighted by molar-refractivity contribution is -0.00000654. The molecule has 0 fully saturated rings. The minimum atomic E-state index is -1.97. The molecule has 0 amide bonds. The van der Waals surface area contributed by atoms with Crippen LogP contribution in [0.4, 0.5) is 0 Å². The van der Waals surface area contributed by atoms with Crippen molar-refractivity contribution in [3.63, 3.8) is 0 Å². The van der Waals surface area contributed by atoms with Gasteiger partial charge >= 0.3 is 0 Å². The van der Waals surface area contributed by atoms with Crippen molar-refractivity contribution in [1.82, 2.24) is 4.98 Å². The molecule has 1 aromatic heterocycles. The number of hydrogen-bond donors (Lipinski definition) is 1. The van der Waals surface area contributed by atoms with Gasteiger partial charge in [0.1, 0.15) is 29.3 Å². The largest absolute Gasteiger partial charge is 1.00 e. The summed E-state index contributed by atoms with van der Waals surface area (Å²) in [6.45, 7) is 2.17. The van der Waals surface area contributed by atoms with E-state index in [9.17, 15) is 5.26 Å². The summed E-state index contributed by atoms with van der Waals surface area (Å²) in [6.07, 6.45) is 0.896. The maximum Gasteiger partial charge on any atom is 0.118 e. The Morgan fingerprint density at radius 1 is 0.727 bits per heavy atom. The summed E-state index contributed by atoms with van der Waals surface area (Å²) < 4.78 is 0. The lowest BCUT2D eigenvalue weighted by Gasteiger charge is -2.27. The standard InChI is InChI=1S/C29H24N2P.BrH/c1-22-27-19-23(20-30)17-18-28(27)31-29(22)21-32(24-11-5-2-6-12-24,25-13-7-3-8-14-25)26-15-9-4-10-16-26;/h2-19,31H,21H2,1H3;1H/q+1;/p-1. The fourth-order valence-corrected chi connectivity index (χ4v) is 8.89. The lowest BCUT2D eigenvalue weighted by atomic mass is 10.1. The molecular weight excluding hydrogens is 487 g/mol. The molecule has 1 N–H and O–H groups in total. The Morgan fingerprint density at radius 3 is 1.67 bits per heavy atom. The number of hydrogen-bond acceptors (Lipinski definition) is 1. The molecule has 33 heavy (non-hydrogen) atoms. The van der Waals surface area contributed by atoms with Crippen LogP contribution in [0.25, 0.3) is 10.9 Å². The molecule has 162 valence electrons. The van der Waals surface area contributed by atoms with Crippen molar-refractivity contribution in [2.75, 3.05) is 0 Å². The van der Waals surface area contributed by atoms with E-state index in [0.29, 0.717) is 5.56 Å². The van der Waals surface area contributed by atoms with Gasteiger partial charge in [0.2, 0.25) is 0 Å². The highest BCUT2D eigenvalue weighted by Crippen LogP contribution is 2.58. The van der Waals surface area contributed by atoms with Crippen molar-refractivity contribution in [3.05, 3.63) is 126 Å². The Hall–Kier alpha value is -3.18. The average Bonchev–Trinajstić information content (AvgIpc) is 3.18. The fraction of sp³-hybridized carbons (Fsp3) is 0.0690. The third kappa shape index (κ3) is 4.13. The number of H-pyrrole nitrogens is 1. The molecule has 4 aromatic carbocycles. The maximum atomic E-state index is 9.37.